The van der Waals surface area contributed by atoms with E-state index in [1.54, 1.807) is 23.9 Å². The average molecular weight is 351 g/mol. The first-order valence-corrected chi connectivity index (χ1v) is 8.66. The number of fused-ring (bicyclic) bond motifs is 1. The van der Waals surface area contributed by atoms with Crippen molar-refractivity contribution in [2.45, 2.75) is 12.5 Å². The van der Waals surface area contributed by atoms with Gasteiger partial charge in [-0.15, -0.1) is 0 Å². The minimum absolute atomic E-state index is 0.0456. The van der Waals surface area contributed by atoms with Crippen molar-refractivity contribution in [2.75, 3.05) is 18.0 Å². The maximum absolute atomic E-state index is 12.8. The number of nitrogens with zero attached hydrogens (tertiary/aromatic N) is 4. The molecule has 0 aliphatic carbocycles. The van der Waals surface area contributed by atoms with Crippen LogP contribution in [0.25, 0.3) is 10.8 Å². The van der Waals surface area contributed by atoms with Crippen molar-refractivity contribution in [1.82, 2.24) is 19.7 Å². The highest BCUT2D eigenvalue weighted by Gasteiger charge is 2.26. The van der Waals surface area contributed by atoms with Gasteiger partial charge in [0.2, 0.25) is 0 Å². The lowest BCUT2D eigenvalue weighted by molar-refractivity contribution is 0.0931. The molecular weight excluding hydrogens is 330 g/mol. The van der Waals surface area contributed by atoms with Crippen LogP contribution < -0.4 is 15.8 Å². The standard InChI is InChI=1S/C19H21N5O2/c1-22-12-15(10-20-22)24-8-7-14(11-24)21-18(25)17-9-13-5-3-4-6-16(13)19(26)23(17)2/h3-6,9-10,12,14H,7-8,11H2,1-2H3,(H,21,25). The van der Waals surface area contributed by atoms with Gasteiger partial charge >= 0.3 is 0 Å². The van der Waals surface area contributed by atoms with Gasteiger partial charge in [0.05, 0.1) is 11.9 Å². The third kappa shape index (κ3) is 2.85. The number of rotatable bonds is 3. The zero-order valence-corrected chi connectivity index (χ0v) is 14.8. The molecule has 1 N–H and O–H groups in total. The van der Waals surface area contributed by atoms with Crippen LogP contribution >= 0.6 is 0 Å². The van der Waals surface area contributed by atoms with Gasteiger partial charge in [0.15, 0.2) is 0 Å². The lowest BCUT2D eigenvalue weighted by Crippen LogP contribution is -2.39. The highest BCUT2D eigenvalue weighted by atomic mass is 16.2. The number of hydrogen-bond acceptors (Lipinski definition) is 4. The number of benzene rings is 1. The van der Waals surface area contributed by atoms with Gasteiger partial charge in [-0.25, -0.2) is 0 Å². The number of aromatic nitrogens is 3. The Bertz CT molecular complexity index is 1040. The Morgan fingerprint density at radius 2 is 2.08 bits per heavy atom. The first-order valence-electron chi connectivity index (χ1n) is 8.66. The molecule has 1 aromatic carbocycles. The summed E-state index contributed by atoms with van der Waals surface area (Å²) in [6, 6.07) is 9.15. The fourth-order valence-electron chi connectivity index (χ4n) is 3.51. The van der Waals surface area contributed by atoms with Crippen molar-refractivity contribution in [3.63, 3.8) is 0 Å². The molecule has 0 radical (unpaired) electrons. The van der Waals surface area contributed by atoms with E-state index in [1.165, 1.54) is 4.57 Å². The maximum atomic E-state index is 12.8. The van der Waals surface area contributed by atoms with Crippen molar-refractivity contribution >= 4 is 22.4 Å². The van der Waals surface area contributed by atoms with E-state index in [9.17, 15) is 9.59 Å². The van der Waals surface area contributed by atoms with Crippen molar-refractivity contribution in [2.24, 2.45) is 14.1 Å². The number of carbonyl (C=O) groups excluding carboxylic acids is 1. The molecule has 3 aromatic rings. The van der Waals surface area contributed by atoms with E-state index in [1.807, 2.05) is 37.6 Å². The van der Waals surface area contributed by atoms with Crippen LogP contribution in [0.2, 0.25) is 0 Å². The second kappa shape index (κ2) is 6.33. The third-order valence-corrected chi connectivity index (χ3v) is 4.96. The summed E-state index contributed by atoms with van der Waals surface area (Å²) in [4.78, 5) is 27.5. The lowest BCUT2D eigenvalue weighted by atomic mass is 10.1. The molecule has 1 fully saturated rings. The highest BCUT2D eigenvalue weighted by Crippen LogP contribution is 2.19. The topological polar surface area (TPSA) is 72.2 Å². The molecule has 1 saturated heterocycles. The number of anilines is 1. The molecule has 1 aliphatic heterocycles. The van der Waals surface area contributed by atoms with Gasteiger partial charge in [0, 0.05) is 44.8 Å². The van der Waals surface area contributed by atoms with E-state index in [4.69, 9.17) is 0 Å². The first kappa shape index (κ1) is 16.4. The second-order valence-corrected chi connectivity index (χ2v) is 6.76. The number of amides is 1. The zero-order chi connectivity index (χ0) is 18.3. The lowest BCUT2D eigenvalue weighted by Gasteiger charge is -2.17. The summed E-state index contributed by atoms with van der Waals surface area (Å²) >= 11 is 0. The summed E-state index contributed by atoms with van der Waals surface area (Å²) in [7, 11) is 3.53. The predicted octanol–water partition coefficient (Wildman–Crippen LogP) is 1.28. The third-order valence-electron chi connectivity index (χ3n) is 4.96. The Morgan fingerprint density at radius 1 is 1.27 bits per heavy atom. The molecule has 26 heavy (non-hydrogen) atoms. The molecule has 0 saturated carbocycles. The minimum atomic E-state index is -0.214. The van der Waals surface area contributed by atoms with Crippen LogP contribution in [0.1, 0.15) is 16.9 Å². The molecule has 1 atom stereocenters. The van der Waals surface area contributed by atoms with E-state index < -0.39 is 0 Å². The summed E-state index contributed by atoms with van der Waals surface area (Å²) in [6.45, 7) is 1.60. The van der Waals surface area contributed by atoms with Crippen LogP contribution in [0.5, 0.6) is 0 Å². The van der Waals surface area contributed by atoms with E-state index in [-0.39, 0.29) is 17.5 Å². The fourth-order valence-corrected chi connectivity index (χ4v) is 3.51. The van der Waals surface area contributed by atoms with Crippen LogP contribution in [0, 0.1) is 0 Å². The molecule has 1 unspecified atom stereocenters. The molecule has 7 nitrogen and oxygen atoms in total. The Hall–Kier alpha value is -3.09. The number of nitrogens with one attached hydrogen (secondary N) is 1. The maximum Gasteiger partial charge on any atom is 0.268 e. The normalized spacial score (nSPS) is 17.0. The molecule has 4 rings (SSSR count). The molecular formula is C19H21N5O2. The van der Waals surface area contributed by atoms with E-state index in [0.717, 1.165) is 30.6 Å². The summed E-state index contributed by atoms with van der Waals surface area (Å²) in [5.41, 5.74) is 1.28. The summed E-state index contributed by atoms with van der Waals surface area (Å²) in [5.74, 6) is -0.214. The summed E-state index contributed by atoms with van der Waals surface area (Å²) in [6.07, 6.45) is 4.66. The SMILES string of the molecule is Cn1cc(N2CCC(NC(=O)c3cc4ccccc4c(=O)n3C)C2)cn1. The largest absolute Gasteiger partial charge is 0.367 e. The first-order chi connectivity index (χ1) is 12.5. The Morgan fingerprint density at radius 3 is 2.85 bits per heavy atom. The molecule has 0 spiro atoms. The van der Waals surface area contributed by atoms with Crippen molar-refractivity contribution in [1.29, 1.82) is 0 Å². The molecule has 7 heteroatoms. The molecule has 3 heterocycles. The molecule has 0 bridgehead atoms. The number of pyridine rings is 1. The Kier molecular flexibility index (Phi) is 3.99. The van der Waals surface area contributed by atoms with Crippen LogP contribution in [0.3, 0.4) is 0 Å². The van der Waals surface area contributed by atoms with Crippen molar-refractivity contribution in [3.8, 4) is 0 Å². The van der Waals surface area contributed by atoms with Gasteiger partial charge in [0.25, 0.3) is 11.5 Å². The predicted molar refractivity (Wildman–Crippen MR) is 100 cm³/mol. The van der Waals surface area contributed by atoms with Gasteiger partial charge in [-0.2, -0.15) is 5.10 Å². The number of hydrogen-bond donors (Lipinski definition) is 1. The van der Waals surface area contributed by atoms with Crippen LogP contribution in [-0.4, -0.2) is 39.4 Å². The van der Waals surface area contributed by atoms with Crippen molar-refractivity contribution < 1.29 is 4.79 Å². The quantitative estimate of drug-likeness (QED) is 0.772. The van der Waals surface area contributed by atoms with E-state index in [0.29, 0.717) is 11.1 Å². The molecule has 1 amide bonds. The van der Waals surface area contributed by atoms with Crippen LogP contribution in [-0.2, 0) is 14.1 Å². The number of carbonyl (C=O) groups is 1. The smallest absolute Gasteiger partial charge is 0.268 e. The van der Waals surface area contributed by atoms with Crippen LogP contribution in [0.15, 0.2) is 47.5 Å². The van der Waals surface area contributed by atoms with E-state index >= 15 is 0 Å². The minimum Gasteiger partial charge on any atom is -0.367 e. The summed E-state index contributed by atoms with van der Waals surface area (Å²) in [5, 5.41) is 8.66. The van der Waals surface area contributed by atoms with Gasteiger partial charge < -0.3 is 14.8 Å². The van der Waals surface area contributed by atoms with Gasteiger partial charge in [0.1, 0.15) is 5.69 Å². The Labute approximate surface area is 150 Å². The highest BCUT2D eigenvalue weighted by molar-refractivity contribution is 5.96. The molecule has 134 valence electrons. The monoisotopic (exact) mass is 351 g/mol. The number of aryl methyl sites for hydroxylation is 1. The second-order valence-electron chi connectivity index (χ2n) is 6.76. The molecule has 2 aromatic heterocycles. The summed E-state index contributed by atoms with van der Waals surface area (Å²) < 4.78 is 3.19. The zero-order valence-electron chi connectivity index (χ0n) is 14.8. The van der Waals surface area contributed by atoms with Gasteiger partial charge in [-0.05, 0) is 23.9 Å². The van der Waals surface area contributed by atoms with Gasteiger partial charge in [-0.3, -0.25) is 14.3 Å². The van der Waals surface area contributed by atoms with Gasteiger partial charge in [-0.1, -0.05) is 18.2 Å². The average Bonchev–Trinajstić information content (AvgIpc) is 3.27. The fraction of sp³-hybridized carbons (Fsp3) is 0.316. The molecule has 1 aliphatic rings. The van der Waals surface area contributed by atoms with Crippen LogP contribution in [0.4, 0.5) is 5.69 Å². The van der Waals surface area contributed by atoms with Crippen molar-refractivity contribution in [3.05, 3.63) is 58.8 Å². The van der Waals surface area contributed by atoms with E-state index in [2.05, 4.69) is 15.3 Å². The Balaban J connectivity index is 1.53.